The van der Waals surface area contributed by atoms with E-state index in [9.17, 15) is 14.7 Å². The molecule has 0 spiro atoms. The third-order valence-corrected chi connectivity index (χ3v) is 5.06. The largest absolute Gasteiger partial charge is 0.508 e. The highest BCUT2D eigenvalue weighted by Crippen LogP contribution is 2.20. The summed E-state index contributed by atoms with van der Waals surface area (Å²) in [6.45, 7) is 6.53. The molecule has 1 unspecified atom stereocenters. The van der Waals surface area contributed by atoms with Gasteiger partial charge in [-0.25, -0.2) is 0 Å². The zero-order valence-electron chi connectivity index (χ0n) is 16.3. The fraction of sp³-hybridized carbons (Fsp3) is 0.364. The molecule has 1 aliphatic heterocycles. The monoisotopic (exact) mass is 381 g/mol. The molecule has 1 aliphatic rings. The molecule has 6 nitrogen and oxygen atoms in total. The molecule has 1 fully saturated rings. The van der Waals surface area contributed by atoms with Crippen LogP contribution in [0.3, 0.4) is 0 Å². The first kappa shape index (κ1) is 19.7. The van der Waals surface area contributed by atoms with E-state index in [-0.39, 0.29) is 23.5 Å². The summed E-state index contributed by atoms with van der Waals surface area (Å²) in [7, 11) is 0. The lowest BCUT2D eigenvalue weighted by molar-refractivity contribution is -0.134. The van der Waals surface area contributed by atoms with Gasteiger partial charge in [0.25, 0.3) is 5.91 Å². The van der Waals surface area contributed by atoms with Gasteiger partial charge in [-0.05, 0) is 42.3 Å². The van der Waals surface area contributed by atoms with Crippen LogP contribution < -0.4 is 10.2 Å². The van der Waals surface area contributed by atoms with E-state index < -0.39 is 6.04 Å². The summed E-state index contributed by atoms with van der Waals surface area (Å²) in [5.74, 6) is -0.0261. The zero-order valence-corrected chi connectivity index (χ0v) is 16.3. The number of amides is 2. The lowest BCUT2D eigenvalue weighted by atomic mass is 10.0. The number of hydrogen-bond donors (Lipinski definition) is 2. The second-order valence-electron chi connectivity index (χ2n) is 7.39. The molecule has 2 N–H and O–H groups in total. The van der Waals surface area contributed by atoms with Gasteiger partial charge in [-0.2, -0.15) is 0 Å². The van der Waals surface area contributed by atoms with Gasteiger partial charge in [0.1, 0.15) is 11.8 Å². The molecule has 1 atom stereocenters. The van der Waals surface area contributed by atoms with Crippen LogP contribution in [0.25, 0.3) is 0 Å². The Hall–Kier alpha value is -3.02. The van der Waals surface area contributed by atoms with Crippen LogP contribution in [0.1, 0.15) is 24.2 Å². The maximum absolute atomic E-state index is 13.1. The summed E-state index contributed by atoms with van der Waals surface area (Å²) in [6, 6.07) is 15.5. The van der Waals surface area contributed by atoms with Crippen molar-refractivity contribution in [1.29, 1.82) is 0 Å². The van der Waals surface area contributed by atoms with Gasteiger partial charge in [-0.15, -0.1) is 0 Å². The van der Waals surface area contributed by atoms with Gasteiger partial charge in [-0.1, -0.05) is 32.0 Å². The maximum Gasteiger partial charge on any atom is 0.251 e. The van der Waals surface area contributed by atoms with E-state index in [1.807, 2.05) is 49.1 Å². The average Bonchev–Trinajstić information content (AvgIpc) is 2.72. The highest BCUT2D eigenvalue weighted by Gasteiger charge is 2.31. The summed E-state index contributed by atoms with van der Waals surface area (Å²) in [5.41, 5.74) is 1.58. The number of carbonyl (C=O) groups is 2. The molecule has 0 bridgehead atoms. The van der Waals surface area contributed by atoms with Gasteiger partial charge in [-0.3, -0.25) is 9.59 Å². The Balaban J connectivity index is 1.61. The summed E-state index contributed by atoms with van der Waals surface area (Å²) >= 11 is 0. The Morgan fingerprint density at radius 3 is 2.11 bits per heavy atom. The SMILES string of the molecule is CC(C)C(NC(=O)c1ccccc1)C(=O)N1CCN(c2ccc(O)cc2)CC1. The standard InChI is InChI=1S/C22H27N3O3/c1-16(2)20(23-21(27)17-6-4-3-5-7-17)22(28)25-14-12-24(13-15-25)18-8-10-19(26)11-9-18/h3-11,16,20,26H,12-15H2,1-2H3,(H,23,27). The predicted octanol–water partition coefficient (Wildman–Crippen LogP) is 2.50. The van der Waals surface area contributed by atoms with Crippen LogP contribution in [0.15, 0.2) is 54.6 Å². The molecule has 6 heteroatoms. The van der Waals surface area contributed by atoms with Crippen molar-refractivity contribution in [3.63, 3.8) is 0 Å². The molecule has 2 aromatic carbocycles. The van der Waals surface area contributed by atoms with Gasteiger partial charge >= 0.3 is 0 Å². The van der Waals surface area contributed by atoms with Crippen molar-refractivity contribution >= 4 is 17.5 Å². The highest BCUT2D eigenvalue weighted by molar-refractivity contribution is 5.97. The minimum Gasteiger partial charge on any atom is -0.508 e. The van der Waals surface area contributed by atoms with Crippen molar-refractivity contribution in [2.75, 3.05) is 31.1 Å². The van der Waals surface area contributed by atoms with E-state index in [4.69, 9.17) is 0 Å². The zero-order chi connectivity index (χ0) is 20.1. The number of phenols is 1. The fourth-order valence-corrected chi connectivity index (χ4v) is 3.37. The van der Waals surface area contributed by atoms with E-state index in [0.717, 1.165) is 5.69 Å². The molecule has 1 heterocycles. The van der Waals surface area contributed by atoms with Crippen LogP contribution in [0, 0.1) is 5.92 Å². The molecule has 0 saturated carbocycles. The summed E-state index contributed by atoms with van der Waals surface area (Å²) in [6.07, 6.45) is 0. The van der Waals surface area contributed by atoms with Gasteiger partial charge in [0.2, 0.25) is 5.91 Å². The van der Waals surface area contributed by atoms with E-state index >= 15 is 0 Å². The number of aromatic hydroxyl groups is 1. The number of benzene rings is 2. The maximum atomic E-state index is 13.1. The predicted molar refractivity (Wildman–Crippen MR) is 109 cm³/mol. The number of phenolic OH excluding ortho intramolecular Hbond substituents is 1. The van der Waals surface area contributed by atoms with Crippen LogP contribution in [-0.4, -0.2) is 54.0 Å². The Morgan fingerprint density at radius 1 is 0.929 bits per heavy atom. The molecule has 1 saturated heterocycles. The van der Waals surface area contributed by atoms with E-state index in [2.05, 4.69) is 10.2 Å². The lowest BCUT2D eigenvalue weighted by Crippen LogP contribution is -2.56. The first-order valence-electron chi connectivity index (χ1n) is 9.64. The van der Waals surface area contributed by atoms with Gasteiger partial charge in [0.15, 0.2) is 0 Å². The summed E-state index contributed by atoms with van der Waals surface area (Å²) in [5, 5.41) is 12.3. The van der Waals surface area contributed by atoms with Crippen LogP contribution in [0.2, 0.25) is 0 Å². The Kier molecular flexibility index (Phi) is 6.19. The van der Waals surface area contributed by atoms with Gasteiger partial charge in [0, 0.05) is 37.4 Å². The van der Waals surface area contributed by atoms with Crippen molar-refractivity contribution in [2.24, 2.45) is 5.92 Å². The van der Waals surface area contributed by atoms with Crippen molar-refractivity contribution < 1.29 is 14.7 Å². The number of nitrogens with zero attached hydrogens (tertiary/aromatic N) is 2. The fourth-order valence-electron chi connectivity index (χ4n) is 3.37. The first-order chi connectivity index (χ1) is 13.5. The number of rotatable bonds is 5. The molecule has 2 aromatic rings. The normalized spacial score (nSPS) is 15.4. The lowest BCUT2D eigenvalue weighted by Gasteiger charge is -2.38. The molecular weight excluding hydrogens is 354 g/mol. The van der Waals surface area contributed by atoms with E-state index in [1.165, 1.54) is 0 Å². The Morgan fingerprint density at radius 2 is 1.54 bits per heavy atom. The number of carbonyl (C=O) groups excluding carboxylic acids is 2. The number of nitrogens with one attached hydrogen (secondary N) is 1. The van der Waals surface area contributed by atoms with E-state index in [0.29, 0.717) is 31.7 Å². The minimum atomic E-state index is -0.548. The van der Waals surface area contributed by atoms with Crippen molar-refractivity contribution in [3.8, 4) is 5.75 Å². The first-order valence-corrected chi connectivity index (χ1v) is 9.64. The summed E-state index contributed by atoms with van der Waals surface area (Å²) < 4.78 is 0. The van der Waals surface area contributed by atoms with Crippen molar-refractivity contribution in [3.05, 3.63) is 60.2 Å². The van der Waals surface area contributed by atoms with Gasteiger partial charge < -0.3 is 20.2 Å². The number of piperazine rings is 1. The molecule has 0 aliphatic carbocycles. The third kappa shape index (κ3) is 4.63. The van der Waals surface area contributed by atoms with Gasteiger partial charge in [0.05, 0.1) is 0 Å². The van der Waals surface area contributed by atoms with E-state index in [1.54, 1.807) is 24.3 Å². The van der Waals surface area contributed by atoms with Crippen LogP contribution >= 0.6 is 0 Å². The second-order valence-corrected chi connectivity index (χ2v) is 7.39. The van der Waals surface area contributed by atoms with Crippen molar-refractivity contribution in [1.82, 2.24) is 10.2 Å². The molecule has 0 aromatic heterocycles. The molecule has 0 radical (unpaired) electrons. The molecule has 3 rings (SSSR count). The third-order valence-electron chi connectivity index (χ3n) is 5.06. The Bertz CT molecular complexity index is 798. The van der Waals surface area contributed by atoms with Crippen LogP contribution in [-0.2, 0) is 4.79 Å². The highest BCUT2D eigenvalue weighted by atomic mass is 16.3. The Labute approximate surface area is 165 Å². The van der Waals surface area contributed by atoms with Crippen LogP contribution in [0.4, 0.5) is 5.69 Å². The number of hydrogen-bond acceptors (Lipinski definition) is 4. The average molecular weight is 381 g/mol. The summed E-state index contributed by atoms with van der Waals surface area (Å²) in [4.78, 5) is 29.6. The molecule has 2 amide bonds. The second kappa shape index (κ2) is 8.78. The molecule has 28 heavy (non-hydrogen) atoms. The quantitative estimate of drug-likeness (QED) is 0.835. The topological polar surface area (TPSA) is 72.9 Å². The molecule has 148 valence electrons. The van der Waals surface area contributed by atoms with Crippen LogP contribution in [0.5, 0.6) is 5.75 Å². The minimum absolute atomic E-state index is 0.00436. The van der Waals surface area contributed by atoms with Crippen molar-refractivity contribution in [2.45, 2.75) is 19.9 Å². The number of anilines is 1. The molecular formula is C22H27N3O3. The smallest absolute Gasteiger partial charge is 0.251 e.